The van der Waals surface area contributed by atoms with Gasteiger partial charge >= 0.3 is 0 Å². The van der Waals surface area contributed by atoms with Crippen LogP contribution < -0.4 is 4.90 Å². The summed E-state index contributed by atoms with van der Waals surface area (Å²) in [6.07, 6.45) is 1.00. The lowest BCUT2D eigenvalue weighted by molar-refractivity contribution is 1.26. The first-order chi connectivity index (χ1) is 27.7. The second-order valence-electron chi connectivity index (χ2n) is 14.5. The van der Waals surface area contributed by atoms with Gasteiger partial charge in [-0.25, -0.2) is 0 Å². The maximum Gasteiger partial charge on any atom is 0.0467 e. The van der Waals surface area contributed by atoms with Crippen LogP contribution in [-0.2, 0) is 6.42 Å². The molecular weight excluding hydrogens is 675 g/mol. The fraction of sp³-hybridized carbons (Fsp3) is 0.0182. The van der Waals surface area contributed by atoms with E-state index < -0.39 is 0 Å². The fourth-order valence-electron chi connectivity index (χ4n) is 8.26. The molecule has 0 aliphatic heterocycles. The number of benzene rings is 9. The van der Waals surface area contributed by atoms with Gasteiger partial charge in [0.15, 0.2) is 0 Å². The number of fused-ring (bicyclic) bond motifs is 3. The van der Waals surface area contributed by atoms with E-state index in [-0.39, 0.29) is 0 Å². The van der Waals surface area contributed by atoms with Crippen LogP contribution in [-0.4, -0.2) is 0 Å². The third kappa shape index (κ3) is 6.40. The van der Waals surface area contributed by atoms with Crippen LogP contribution in [0.4, 0.5) is 17.1 Å². The summed E-state index contributed by atoms with van der Waals surface area (Å²) < 4.78 is 0. The summed E-state index contributed by atoms with van der Waals surface area (Å²) >= 11 is 0. The SMILES string of the molecule is c1ccc(-c2ccc(N(c3ccc(-c4ccc(-c5ccc6c(c5)-c5ccccc5C6)c(-c5ccccc5)c4)cc3)c3cccc(-c4ccccc4)c3)cc2)cc1. The second-order valence-corrected chi connectivity index (χ2v) is 14.5. The Morgan fingerprint density at radius 3 is 1.38 bits per heavy atom. The fourth-order valence-corrected chi connectivity index (χ4v) is 8.26. The monoisotopic (exact) mass is 713 g/mol. The first-order valence-electron chi connectivity index (χ1n) is 19.4. The predicted molar refractivity (Wildman–Crippen MR) is 237 cm³/mol. The van der Waals surface area contributed by atoms with Crippen LogP contribution in [0, 0.1) is 0 Å². The van der Waals surface area contributed by atoms with Crippen molar-refractivity contribution in [2.45, 2.75) is 6.42 Å². The Morgan fingerprint density at radius 2 is 0.696 bits per heavy atom. The molecule has 9 aromatic rings. The normalized spacial score (nSPS) is 11.5. The van der Waals surface area contributed by atoms with E-state index in [4.69, 9.17) is 0 Å². The minimum atomic E-state index is 1.00. The molecule has 1 nitrogen and oxygen atoms in total. The first-order valence-corrected chi connectivity index (χ1v) is 19.4. The number of nitrogens with zero attached hydrogens (tertiary/aromatic N) is 1. The van der Waals surface area contributed by atoms with Crippen molar-refractivity contribution < 1.29 is 0 Å². The number of anilines is 3. The van der Waals surface area contributed by atoms with E-state index in [9.17, 15) is 0 Å². The Morgan fingerprint density at radius 1 is 0.232 bits per heavy atom. The van der Waals surface area contributed by atoms with E-state index in [1.165, 1.54) is 77.9 Å². The number of hydrogen-bond acceptors (Lipinski definition) is 1. The maximum absolute atomic E-state index is 2.39. The van der Waals surface area contributed by atoms with Crippen LogP contribution in [0.2, 0.25) is 0 Å². The predicted octanol–water partition coefficient (Wildman–Crippen LogP) is 15.1. The molecule has 0 spiro atoms. The molecule has 1 aliphatic carbocycles. The van der Waals surface area contributed by atoms with Crippen LogP contribution in [0.1, 0.15) is 11.1 Å². The molecule has 0 saturated carbocycles. The smallest absolute Gasteiger partial charge is 0.0467 e. The average Bonchev–Trinajstić information content (AvgIpc) is 3.66. The van der Waals surface area contributed by atoms with E-state index in [0.29, 0.717) is 0 Å². The van der Waals surface area contributed by atoms with Gasteiger partial charge in [-0.05, 0) is 133 Å². The highest BCUT2D eigenvalue weighted by atomic mass is 15.1. The molecule has 0 saturated heterocycles. The highest BCUT2D eigenvalue weighted by molar-refractivity contribution is 5.90. The van der Waals surface area contributed by atoms with Crippen molar-refractivity contribution in [1.82, 2.24) is 0 Å². The lowest BCUT2D eigenvalue weighted by atomic mass is 9.89. The van der Waals surface area contributed by atoms with E-state index >= 15 is 0 Å². The number of hydrogen-bond donors (Lipinski definition) is 0. The molecule has 0 heterocycles. The lowest BCUT2D eigenvalue weighted by Crippen LogP contribution is -2.10. The van der Waals surface area contributed by atoms with Gasteiger partial charge in [0.2, 0.25) is 0 Å². The van der Waals surface area contributed by atoms with E-state index in [2.05, 4.69) is 229 Å². The van der Waals surface area contributed by atoms with Crippen LogP contribution in [0.15, 0.2) is 224 Å². The molecule has 0 radical (unpaired) electrons. The Bertz CT molecular complexity index is 2790. The van der Waals surface area contributed by atoms with Crippen LogP contribution in [0.25, 0.3) is 66.8 Å². The zero-order valence-corrected chi connectivity index (χ0v) is 31.0. The van der Waals surface area contributed by atoms with Crippen LogP contribution in [0.3, 0.4) is 0 Å². The van der Waals surface area contributed by atoms with Crippen molar-refractivity contribution in [3.8, 4) is 66.8 Å². The average molecular weight is 714 g/mol. The van der Waals surface area contributed by atoms with Gasteiger partial charge in [-0.1, -0.05) is 176 Å². The maximum atomic E-state index is 2.39. The molecule has 0 N–H and O–H groups in total. The summed E-state index contributed by atoms with van der Waals surface area (Å²) in [4.78, 5) is 2.36. The minimum Gasteiger partial charge on any atom is -0.310 e. The third-order valence-electron chi connectivity index (χ3n) is 11.1. The summed E-state index contributed by atoms with van der Waals surface area (Å²) in [5.74, 6) is 0. The van der Waals surface area contributed by atoms with Crippen molar-refractivity contribution in [2.75, 3.05) is 4.90 Å². The minimum absolute atomic E-state index is 1.00. The molecule has 0 aromatic heterocycles. The molecule has 1 aliphatic rings. The molecule has 264 valence electrons. The van der Waals surface area contributed by atoms with Gasteiger partial charge in [0.1, 0.15) is 0 Å². The van der Waals surface area contributed by atoms with Gasteiger partial charge < -0.3 is 4.90 Å². The van der Waals surface area contributed by atoms with E-state index in [1.54, 1.807) is 0 Å². The van der Waals surface area contributed by atoms with Crippen molar-refractivity contribution in [1.29, 1.82) is 0 Å². The summed E-state index contributed by atoms with van der Waals surface area (Å²) in [5, 5.41) is 0. The highest BCUT2D eigenvalue weighted by Gasteiger charge is 2.20. The Balaban J connectivity index is 1.03. The molecule has 0 atom stereocenters. The summed E-state index contributed by atoms with van der Waals surface area (Å²) in [6, 6.07) is 81.5. The zero-order valence-electron chi connectivity index (χ0n) is 31.0. The quantitative estimate of drug-likeness (QED) is 0.152. The summed E-state index contributed by atoms with van der Waals surface area (Å²) in [5.41, 5.74) is 20.9. The molecule has 0 fully saturated rings. The first kappa shape index (κ1) is 33.4. The Hall–Kier alpha value is -7.22. The van der Waals surface area contributed by atoms with Crippen molar-refractivity contribution >= 4 is 17.1 Å². The largest absolute Gasteiger partial charge is 0.310 e. The molecule has 9 aromatic carbocycles. The van der Waals surface area contributed by atoms with E-state index in [1.807, 2.05) is 0 Å². The van der Waals surface area contributed by atoms with Crippen molar-refractivity contribution in [3.05, 3.63) is 236 Å². The summed E-state index contributed by atoms with van der Waals surface area (Å²) in [7, 11) is 0. The van der Waals surface area contributed by atoms with Crippen molar-refractivity contribution in [2.24, 2.45) is 0 Å². The number of rotatable bonds is 8. The van der Waals surface area contributed by atoms with Crippen LogP contribution in [0.5, 0.6) is 0 Å². The van der Waals surface area contributed by atoms with Gasteiger partial charge in [-0.3, -0.25) is 0 Å². The van der Waals surface area contributed by atoms with Crippen molar-refractivity contribution in [3.63, 3.8) is 0 Å². The summed E-state index contributed by atoms with van der Waals surface area (Å²) in [6.45, 7) is 0. The van der Waals surface area contributed by atoms with Gasteiger partial charge in [0, 0.05) is 17.1 Å². The third-order valence-corrected chi connectivity index (χ3v) is 11.1. The molecule has 0 bridgehead atoms. The Labute approximate surface area is 329 Å². The molecule has 10 rings (SSSR count). The highest BCUT2D eigenvalue weighted by Crippen LogP contribution is 2.43. The zero-order chi connectivity index (χ0) is 37.3. The van der Waals surface area contributed by atoms with E-state index in [0.717, 1.165) is 23.5 Å². The standard InChI is InChI=1S/C55H39N/c1-4-13-39(14-5-1)41-25-30-49(31-26-41)56(51-21-12-20-44(36-51)40-15-6-2-7-16-40)50-32-27-42(28-33-50)45-29-34-53(54(37-45)43-17-8-3-9-18-43)48-24-23-47-35-46-19-10-11-22-52(46)55(47)38-48/h1-34,36-38H,35H2. The van der Waals surface area contributed by atoms with Gasteiger partial charge in [-0.15, -0.1) is 0 Å². The second kappa shape index (κ2) is 14.5. The van der Waals surface area contributed by atoms with Gasteiger partial charge in [-0.2, -0.15) is 0 Å². The molecular formula is C55H39N. The van der Waals surface area contributed by atoms with Crippen LogP contribution >= 0.6 is 0 Å². The van der Waals surface area contributed by atoms with Gasteiger partial charge in [0.05, 0.1) is 0 Å². The molecule has 0 unspecified atom stereocenters. The Kier molecular flexibility index (Phi) is 8.67. The van der Waals surface area contributed by atoms with Gasteiger partial charge in [0.25, 0.3) is 0 Å². The molecule has 1 heteroatoms. The molecule has 0 amide bonds. The topological polar surface area (TPSA) is 3.24 Å². The lowest BCUT2D eigenvalue weighted by Gasteiger charge is -2.26. The molecule has 56 heavy (non-hydrogen) atoms.